The van der Waals surface area contributed by atoms with Gasteiger partial charge in [-0.2, -0.15) is 0 Å². The minimum atomic E-state index is -0.130. The van der Waals surface area contributed by atoms with Crippen LogP contribution in [0.1, 0.15) is 12.5 Å². The lowest BCUT2D eigenvalue weighted by atomic mass is 10.1. The first-order chi connectivity index (χ1) is 7.59. The van der Waals surface area contributed by atoms with Crippen molar-refractivity contribution >= 4 is 17.3 Å². The number of hydrogen-bond acceptors (Lipinski definition) is 3. The molecule has 4 heteroatoms. The van der Waals surface area contributed by atoms with Gasteiger partial charge in [-0.3, -0.25) is 4.79 Å². The Hall–Kier alpha value is -1.71. The van der Waals surface area contributed by atoms with E-state index >= 15 is 0 Å². The largest absolute Gasteiger partial charge is 0.399 e. The number of nitrogen functional groups attached to an aromatic ring is 1. The summed E-state index contributed by atoms with van der Waals surface area (Å²) >= 11 is 0. The Bertz CT molecular complexity index is 417. The lowest BCUT2D eigenvalue weighted by Gasteiger charge is -2.35. The van der Waals surface area contributed by atoms with Gasteiger partial charge in [0.05, 0.1) is 0 Å². The van der Waals surface area contributed by atoms with Crippen LogP contribution in [0.25, 0.3) is 0 Å². The molecule has 86 valence electrons. The lowest BCUT2D eigenvalue weighted by molar-refractivity contribution is -0.122. The van der Waals surface area contributed by atoms with Crippen LogP contribution in [0.3, 0.4) is 0 Å². The maximum absolute atomic E-state index is 11.6. The summed E-state index contributed by atoms with van der Waals surface area (Å²) in [4.78, 5) is 13.7. The Morgan fingerprint density at radius 3 is 3.00 bits per heavy atom. The molecular weight excluding hydrogens is 202 g/mol. The zero-order valence-corrected chi connectivity index (χ0v) is 9.66. The van der Waals surface area contributed by atoms with Gasteiger partial charge in [0, 0.05) is 24.5 Å². The van der Waals surface area contributed by atoms with E-state index in [2.05, 4.69) is 10.2 Å². The first-order valence-corrected chi connectivity index (χ1v) is 5.50. The SMILES string of the molecule is Cc1ccc(N)cc1N1CCNC(=O)C1C. The smallest absolute Gasteiger partial charge is 0.242 e. The maximum atomic E-state index is 11.6. The Kier molecular flexibility index (Phi) is 2.73. The standard InChI is InChI=1S/C12H17N3O/c1-8-3-4-10(13)7-11(8)15-6-5-14-12(16)9(15)2/h3-4,7,9H,5-6,13H2,1-2H3,(H,14,16). The predicted molar refractivity (Wildman–Crippen MR) is 65.4 cm³/mol. The van der Waals surface area contributed by atoms with E-state index in [1.165, 1.54) is 0 Å². The van der Waals surface area contributed by atoms with E-state index < -0.39 is 0 Å². The fraction of sp³-hybridized carbons (Fsp3) is 0.417. The predicted octanol–water partition coefficient (Wildman–Crippen LogP) is 0.902. The number of hydrogen-bond donors (Lipinski definition) is 2. The van der Waals surface area contributed by atoms with Crippen LogP contribution in [0.15, 0.2) is 18.2 Å². The maximum Gasteiger partial charge on any atom is 0.242 e. The molecule has 1 amide bonds. The number of rotatable bonds is 1. The third-order valence-electron chi connectivity index (χ3n) is 3.04. The van der Waals surface area contributed by atoms with Gasteiger partial charge in [-0.05, 0) is 31.5 Å². The van der Waals surface area contributed by atoms with E-state index in [1.807, 2.05) is 32.0 Å². The highest BCUT2D eigenvalue weighted by molar-refractivity contribution is 5.86. The summed E-state index contributed by atoms with van der Waals surface area (Å²) in [7, 11) is 0. The third kappa shape index (κ3) is 1.83. The van der Waals surface area contributed by atoms with Crippen LogP contribution in [0.5, 0.6) is 0 Å². The average Bonchev–Trinajstić information content (AvgIpc) is 2.26. The van der Waals surface area contributed by atoms with Crippen LogP contribution in [0, 0.1) is 6.92 Å². The van der Waals surface area contributed by atoms with E-state index in [0.717, 1.165) is 23.5 Å². The molecule has 1 atom stereocenters. The number of carbonyl (C=O) groups is 1. The second-order valence-electron chi connectivity index (χ2n) is 4.21. The van der Waals surface area contributed by atoms with Gasteiger partial charge in [-0.25, -0.2) is 0 Å². The van der Waals surface area contributed by atoms with Gasteiger partial charge in [-0.1, -0.05) is 6.07 Å². The summed E-state index contributed by atoms with van der Waals surface area (Å²) < 4.78 is 0. The van der Waals surface area contributed by atoms with E-state index in [9.17, 15) is 4.79 Å². The van der Waals surface area contributed by atoms with E-state index in [-0.39, 0.29) is 11.9 Å². The summed E-state index contributed by atoms with van der Waals surface area (Å²) in [6.45, 7) is 5.47. The molecule has 0 bridgehead atoms. The van der Waals surface area contributed by atoms with Crippen LogP contribution >= 0.6 is 0 Å². The normalized spacial score (nSPS) is 20.8. The van der Waals surface area contributed by atoms with Gasteiger partial charge in [0.25, 0.3) is 0 Å². The van der Waals surface area contributed by atoms with Crippen LogP contribution in [-0.2, 0) is 4.79 Å². The minimum Gasteiger partial charge on any atom is -0.399 e. The Balaban J connectivity index is 2.35. The molecule has 0 aromatic heterocycles. The number of nitrogens with two attached hydrogens (primary N) is 1. The summed E-state index contributed by atoms with van der Waals surface area (Å²) in [6.07, 6.45) is 0. The summed E-state index contributed by atoms with van der Waals surface area (Å²) in [5.41, 5.74) is 8.73. The van der Waals surface area contributed by atoms with E-state index in [4.69, 9.17) is 5.73 Å². The second-order valence-corrected chi connectivity index (χ2v) is 4.21. The number of benzene rings is 1. The summed E-state index contributed by atoms with van der Waals surface area (Å²) in [5.74, 6) is 0.0769. The molecule has 0 radical (unpaired) electrons. The molecule has 16 heavy (non-hydrogen) atoms. The zero-order valence-electron chi connectivity index (χ0n) is 9.66. The van der Waals surface area contributed by atoms with Crippen LogP contribution in [0.4, 0.5) is 11.4 Å². The van der Waals surface area contributed by atoms with Crippen molar-refractivity contribution in [2.24, 2.45) is 0 Å². The van der Waals surface area contributed by atoms with Gasteiger partial charge >= 0.3 is 0 Å². The van der Waals surface area contributed by atoms with Gasteiger partial charge in [0.1, 0.15) is 6.04 Å². The third-order valence-corrected chi connectivity index (χ3v) is 3.04. The monoisotopic (exact) mass is 219 g/mol. The number of nitrogens with zero attached hydrogens (tertiary/aromatic N) is 1. The van der Waals surface area contributed by atoms with Gasteiger partial charge in [-0.15, -0.1) is 0 Å². The molecule has 3 N–H and O–H groups in total. The van der Waals surface area contributed by atoms with Crippen molar-refractivity contribution in [3.8, 4) is 0 Å². The Morgan fingerprint density at radius 1 is 1.50 bits per heavy atom. The quantitative estimate of drug-likeness (QED) is 0.690. The number of nitrogens with one attached hydrogen (secondary N) is 1. The fourth-order valence-corrected chi connectivity index (χ4v) is 2.05. The number of amides is 1. The van der Waals surface area contributed by atoms with Crippen molar-refractivity contribution in [3.63, 3.8) is 0 Å². The van der Waals surface area contributed by atoms with Crippen molar-refractivity contribution < 1.29 is 4.79 Å². The van der Waals surface area contributed by atoms with Crippen molar-refractivity contribution in [1.29, 1.82) is 0 Å². The molecule has 1 aliphatic heterocycles. The van der Waals surface area contributed by atoms with Crippen molar-refractivity contribution in [2.45, 2.75) is 19.9 Å². The van der Waals surface area contributed by atoms with E-state index in [1.54, 1.807) is 0 Å². The number of piperazine rings is 1. The molecule has 1 aliphatic rings. The molecule has 1 aromatic rings. The fourth-order valence-electron chi connectivity index (χ4n) is 2.05. The zero-order chi connectivity index (χ0) is 11.7. The van der Waals surface area contributed by atoms with Gasteiger partial charge in [0.2, 0.25) is 5.91 Å². The molecule has 1 fully saturated rings. The number of anilines is 2. The van der Waals surface area contributed by atoms with Crippen LogP contribution in [0.2, 0.25) is 0 Å². The molecule has 1 heterocycles. The highest BCUT2D eigenvalue weighted by Crippen LogP contribution is 2.25. The molecule has 1 aromatic carbocycles. The topological polar surface area (TPSA) is 58.4 Å². The van der Waals surface area contributed by atoms with Crippen molar-refractivity contribution in [1.82, 2.24) is 5.32 Å². The lowest BCUT2D eigenvalue weighted by Crippen LogP contribution is -2.54. The summed E-state index contributed by atoms with van der Waals surface area (Å²) in [5, 5.41) is 2.85. The van der Waals surface area contributed by atoms with E-state index in [0.29, 0.717) is 6.54 Å². The first-order valence-electron chi connectivity index (χ1n) is 5.50. The summed E-state index contributed by atoms with van der Waals surface area (Å²) in [6, 6.07) is 5.68. The molecular formula is C12H17N3O. The number of carbonyl (C=O) groups excluding carboxylic acids is 1. The molecule has 2 rings (SSSR count). The van der Waals surface area contributed by atoms with Crippen molar-refractivity contribution in [3.05, 3.63) is 23.8 Å². The van der Waals surface area contributed by atoms with Crippen LogP contribution < -0.4 is 16.0 Å². The number of aryl methyl sites for hydroxylation is 1. The Labute approximate surface area is 95.4 Å². The Morgan fingerprint density at radius 2 is 2.25 bits per heavy atom. The molecule has 0 aliphatic carbocycles. The molecule has 4 nitrogen and oxygen atoms in total. The van der Waals surface area contributed by atoms with Gasteiger partial charge in [0.15, 0.2) is 0 Å². The van der Waals surface area contributed by atoms with Crippen LogP contribution in [-0.4, -0.2) is 25.0 Å². The molecule has 0 spiro atoms. The molecule has 1 unspecified atom stereocenters. The van der Waals surface area contributed by atoms with Gasteiger partial charge < -0.3 is 16.0 Å². The minimum absolute atomic E-state index is 0.0769. The highest BCUT2D eigenvalue weighted by Gasteiger charge is 2.26. The highest BCUT2D eigenvalue weighted by atomic mass is 16.2. The molecule has 0 saturated carbocycles. The average molecular weight is 219 g/mol. The first kappa shape index (κ1) is 10.8. The molecule has 1 saturated heterocycles. The van der Waals surface area contributed by atoms with Crippen molar-refractivity contribution in [2.75, 3.05) is 23.7 Å². The second kappa shape index (κ2) is 4.04.